The van der Waals surface area contributed by atoms with Gasteiger partial charge in [0.15, 0.2) is 6.61 Å². The lowest BCUT2D eigenvalue weighted by molar-refractivity contribution is -0.377. The average Bonchev–Trinajstić information content (AvgIpc) is 2.41. The van der Waals surface area contributed by atoms with E-state index in [4.69, 9.17) is 5.11 Å². The van der Waals surface area contributed by atoms with Crippen LogP contribution in [0.15, 0.2) is 12.2 Å². The van der Waals surface area contributed by atoms with E-state index in [1.807, 2.05) is 0 Å². The second-order valence-electron chi connectivity index (χ2n) is 4.91. The molecule has 0 spiro atoms. The molecule has 140 valence electrons. The third-order valence-electron chi connectivity index (χ3n) is 2.76. The molecule has 12 heteroatoms. The second kappa shape index (κ2) is 6.93. The third kappa shape index (κ3) is 4.15. The van der Waals surface area contributed by atoms with Crippen LogP contribution in [0, 0.1) is 5.92 Å². The van der Waals surface area contributed by atoms with Crippen LogP contribution < -0.4 is 0 Å². The van der Waals surface area contributed by atoms with Crippen LogP contribution in [-0.2, 0) is 14.3 Å². The topological polar surface area (TPSA) is 63.6 Å². The number of carboxylic acids is 1. The van der Waals surface area contributed by atoms with Crippen molar-refractivity contribution in [2.45, 2.75) is 37.5 Å². The minimum absolute atomic E-state index is 0.0391. The van der Waals surface area contributed by atoms with Gasteiger partial charge in [-0.3, -0.25) is 0 Å². The minimum Gasteiger partial charge on any atom is -0.478 e. The molecule has 0 rings (SSSR count). The maximum Gasteiger partial charge on any atom is 0.381 e. The first-order valence-electron chi connectivity index (χ1n) is 6.09. The Hall–Kier alpha value is -1.88. The van der Waals surface area contributed by atoms with Gasteiger partial charge in [-0.25, -0.2) is 9.59 Å². The Labute approximate surface area is 130 Å². The molecular formula is C12H12F8O4. The van der Waals surface area contributed by atoms with E-state index >= 15 is 0 Å². The molecule has 0 aliphatic heterocycles. The van der Waals surface area contributed by atoms with Gasteiger partial charge in [-0.2, -0.15) is 35.1 Å². The Kier molecular flexibility index (Phi) is 6.39. The van der Waals surface area contributed by atoms with Gasteiger partial charge >= 0.3 is 35.6 Å². The van der Waals surface area contributed by atoms with Gasteiger partial charge in [0, 0.05) is 18.1 Å². The molecule has 0 amide bonds. The molecule has 0 bridgehead atoms. The van der Waals surface area contributed by atoms with Crippen molar-refractivity contribution in [3.63, 3.8) is 0 Å². The lowest BCUT2D eigenvalue weighted by Crippen LogP contribution is -2.64. The van der Waals surface area contributed by atoms with Gasteiger partial charge in [-0.05, 0) is 0 Å². The number of carbonyl (C=O) groups is 2. The highest BCUT2D eigenvalue weighted by atomic mass is 19.4. The van der Waals surface area contributed by atoms with E-state index in [0.717, 1.165) is 0 Å². The number of hydrogen-bond donors (Lipinski definition) is 1. The fraction of sp³-hybridized carbons (Fsp3) is 0.667. The lowest BCUT2D eigenvalue weighted by atomic mass is 9.92. The summed E-state index contributed by atoms with van der Waals surface area (Å²) in [6, 6.07) is 0. The molecule has 1 N–H and O–H groups in total. The highest BCUT2D eigenvalue weighted by molar-refractivity contribution is 5.90. The van der Waals surface area contributed by atoms with Crippen molar-refractivity contribution in [3.05, 3.63) is 12.2 Å². The molecule has 0 saturated heterocycles. The predicted molar refractivity (Wildman–Crippen MR) is 62.4 cm³/mol. The predicted octanol–water partition coefficient (Wildman–Crippen LogP) is 3.37. The monoisotopic (exact) mass is 372 g/mol. The molecule has 24 heavy (non-hydrogen) atoms. The van der Waals surface area contributed by atoms with Crippen LogP contribution in [0.2, 0.25) is 0 Å². The van der Waals surface area contributed by atoms with Crippen LogP contribution in [0.1, 0.15) is 13.8 Å². The van der Waals surface area contributed by atoms with Gasteiger partial charge in [0.25, 0.3) is 0 Å². The van der Waals surface area contributed by atoms with Crippen molar-refractivity contribution in [3.8, 4) is 0 Å². The number of halogens is 8. The first-order chi connectivity index (χ1) is 10.5. The number of esters is 1. The average molecular weight is 372 g/mol. The van der Waals surface area contributed by atoms with Crippen LogP contribution in [0.3, 0.4) is 0 Å². The largest absolute Gasteiger partial charge is 0.478 e. The summed E-state index contributed by atoms with van der Waals surface area (Å²) in [6.45, 7) is -1.80. The van der Waals surface area contributed by atoms with Crippen molar-refractivity contribution < 1.29 is 54.6 Å². The molecule has 0 fully saturated rings. The zero-order chi connectivity index (χ0) is 19.6. The van der Waals surface area contributed by atoms with E-state index in [2.05, 4.69) is 4.74 Å². The van der Waals surface area contributed by atoms with E-state index in [9.17, 15) is 44.7 Å². The van der Waals surface area contributed by atoms with Gasteiger partial charge in [-0.1, -0.05) is 13.8 Å². The number of carbonyl (C=O) groups excluding carboxylic acids is 1. The summed E-state index contributed by atoms with van der Waals surface area (Å²) in [4.78, 5) is 20.8. The van der Waals surface area contributed by atoms with Crippen LogP contribution in [0.4, 0.5) is 35.1 Å². The highest BCUT2D eigenvalue weighted by Gasteiger charge is 2.81. The van der Waals surface area contributed by atoms with Gasteiger partial charge < -0.3 is 9.84 Å². The van der Waals surface area contributed by atoms with Crippen molar-refractivity contribution in [2.75, 3.05) is 6.61 Å². The molecule has 0 aliphatic carbocycles. The van der Waals surface area contributed by atoms with E-state index in [-0.39, 0.29) is 12.2 Å². The van der Waals surface area contributed by atoms with Crippen molar-refractivity contribution in [1.29, 1.82) is 0 Å². The fourth-order valence-electron chi connectivity index (χ4n) is 1.24. The minimum atomic E-state index is -6.55. The summed E-state index contributed by atoms with van der Waals surface area (Å²) < 4.78 is 110. The number of hydrogen-bond acceptors (Lipinski definition) is 3. The molecule has 0 heterocycles. The maximum atomic E-state index is 13.3. The molecule has 0 aliphatic rings. The number of ether oxygens (including phenoxy) is 1. The SMILES string of the molecule is CC(C)C(F)(F)C(F)(F)C(F)(F)C(F)(F)COC(=O)/C=C/C(=O)O. The second-order valence-corrected chi connectivity index (χ2v) is 4.91. The Morgan fingerprint density at radius 2 is 1.42 bits per heavy atom. The number of alkyl halides is 8. The molecule has 0 unspecified atom stereocenters. The van der Waals surface area contributed by atoms with Gasteiger partial charge in [0.2, 0.25) is 0 Å². The van der Waals surface area contributed by atoms with E-state index < -0.39 is 48.2 Å². The quantitative estimate of drug-likeness (QED) is 0.403. The Bertz CT molecular complexity index is 513. The number of rotatable bonds is 8. The smallest absolute Gasteiger partial charge is 0.381 e. The third-order valence-corrected chi connectivity index (χ3v) is 2.76. The first-order valence-corrected chi connectivity index (χ1v) is 6.09. The summed E-state index contributed by atoms with van der Waals surface area (Å²) in [6.07, 6.45) is 0.136. The zero-order valence-electron chi connectivity index (χ0n) is 12.1. The van der Waals surface area contributed by atoms with Crippen molar-refractivity contribution in [2.24, 2.45) is 5.92 Å². The summed E-state index contributed by atoms with van der Waals surface area (Å²) in [5, 5.41) is 8.12. The van der Waals surface area contributed by atoms with Crippen LogP contribution in [0.25, 0.3) is 0 Å². The normalized spacial score (nSPS) is 14.3. The molecular weight excluding hydrogens is 360 g/mol. The van der Waals surface area contributed by atoms with Crippen molar-refractivity contribution in [1.82, 2.24) is 0 Å². The molecule has 0 radical (unpaired) electrons. The molecule has 0 atom stereocenters. The molecule has 0 saturated carbocycles. The van der Waals surface area contributed by atoms with Gasteiger partial charge in [0.05, 0.1) is 0 Å². The fourth-order valence-corrected chi connectivity index (χ4v) is 1.24. The molecule has 0 aromatic carbocycles. The molecule has 4 nitrogen and oxygen atoms in total. The van der Waals surface area contributed by atoms with Crippen LogP contribution in [-0.4, -0.2) is 47.3 Å². The molecule has 0 aromatic rings. The maximum absolute atomic E-state index is 13.3. The van der Waals surface area contributed by atoms with Gasteiger partial charge in [0.1, 0.15) is 0 Å². The van der Waals surface area contributed by atoms with Crippen LogP contribution >= 0.6 is 0 Å². The zero-order valence-corrected chi connectivity index (χ0v) is 12.1. The Morgan fingerprint density at radius 1 is 0.958 bits per heavy atom. The summed E-state index contributed by atoms with van der Waals surface area (Å²) in [5.41, 5.74) is 0. The Balaban J connectivity index is 5.38. The summed E-state index contributed by atoms with van der Waals surface area (Å²) in [7, 11) is 0. The van der Waals surface area contributed by atoms with E-state index in [1.54, 1.807) is 0 Å². The lowest BCUT2D eigenvalue weighted by Gasteiger charge is -2.38. The standard InChI is InChI=1S/C12H12F8O4/c1-6(2)10(15,16)12(19,20)11(17,18)9(13,14)5-24-8(23)4-3-7(21)22/h3-4,6H,5H2,1-2H3,(H,21,22)/b4-3+. The Morgan fingerprint density at radius 3 is 1.79 bits per heavy atom. The van der Waals surface area contributed by atoms with E-state index in [1.165, 1.54) is 0 Å². The van der Waals surface area contributed by atoms with Gasteiger partial charge in [-0.15, -0.1) is 0 Å². The highest BCUT2D eigenvalue weighted by Crippen LogP contribution is 2.54. The van der Waals surface area contributed by atoms with Crippen LogP contribution in [0.5, 0.6) is 0 Å². The van der Waals surface area contributed by atoms with E-state index in [0.29, 0.717) is 13.8 Å². The summed E-state index contributed by atoms with van der Waals surface area (Å²) in [5.74, 6) is -30.3. The number of aliphatic carboxylic acids is 1. The number of carboxylic acid groups (broad SMARTS) is 1. The first kappa shape index (κ1) is 22.1. The molecule has 0 aromatic heterocycles. The van der Waals surface area contributed by atoms with Crippen molar-refractivity contribution >= 4 is 11.9 Å². The summed E-state index contributed by atoms with van der Waals surface area (Å²) >= 11 is 0.